The number of amides is 3. The van der Waals surface area contributed by atoms with E-state index in [0.29, 0.717) is 24.4 Å². The van der Waals surface area contributed by atoms with E-state index in [-0.39, 0.29) is 18.0 Å². The number of ether oxygens (including phenoxy) is 2. The molecule has 4 rings (SSSR count). The second-order valence-corrected chi connectivity index (χ2v) is 8.70. The van der Waals surface area contributed by atoms with Gasteiger partial charge >= 0.3 is 6.03 Å². The fourth-order valence-corrected chi connectivity index (χ4v) is 4.45. The largest absolute Gasteiger partial charge is 0.497 e. The lowest BCUT2D eigenvalue weighted by atomic mass is 10.0. The zero-order valence-corrected chi connectivity index (χ0v) is 19.5. The molecule has 1 fully saturated rings. The number of urea groups is 1. The van der Waals surface area contributed by atoms with E-state index in [0.717, 1.165) is 31.6 Å². The first-order valence-corrected chi connectivity index (χ1v) is 11.3. The summed E-state index contributed by atoms with van der Waals surface area (Å²) in [6.07, 6.45) is 2.23. The molecule has 176 valence electrons. The highest BCUT2D eigenvalue weighted by Crippen LogP contribution is 2.25. The van der Waals surface area contributed by atoms with Crippen LogP contribution in [0.25, 0.3) is 0 Å². The Kier molecular flexibility index (Phi) is 7.15. The molecular weight excluding hydrogens is 420 g/mol. The Morgan fingerprint density at radius 3 is 2.33 bits per heavy atom. The van der Waals surface area contributed by atoms with Gasteiger partial charge in [0.05, 0.1) is 13.2 Å². The number of benzene rings is 2. The molecular formula is C25H32N4O4. The number of methoxy groups -OCH3 is 2. The number of fused-ring (bicyclic) bond motifs is 1. The van der Waals surface area contributed by atoms with Gasteiger partial charge in [0.15, 0.2) is 0 Å². The van der Waals surface area contributed by atoms with Crippen LogP contribution in [-0.2, 0) is 22.4 Å². The van der Waals surface area contributed by atoms with Crippen LogP contribution >= 0.6 is 0 Å². The first kappa shape index (κ1) is 23.1. The quantitative estimate of drug-likeness (QED) is 0.729. The Labute approximate surface area is 194 Å². The molecule has 2 aromatic carbocycles. The lowest BCUT2D eigenvalue weighted by Crippen LogP contribution is -2.45. The van der Waals surface area contributed by atoms with Crippen molar-refractivity contribution >= 4 is 23.3 Å². The third kappa shape index (κ3) is 5.46. The molecule has 2 aromatic rings. The predicted molar refractivity (Wildman–Crippen MR) is 128 cm³/mol. The van der Waals surface area contributed by atoms with E-state index in [1.165, 1.54) is 11.1 Å². The van der Waals surface area contributed by atoms with E-state index in [1.54, 1.807) is 43.4 Å². The molecule has 0 bridgehead atoms. The summed E-state index contributed by atoms with van der Waals surface area (Å²) in [5, 5.41) is 5.90. The number of carbonyl (C=O) groups excluding carboxylic acids is 2. The second kappa shape index (κ2) is 10.2. The van der Waals surface area contributed by atoms with Crippen LogP contribution < -0.4 is 15.4 Å². The van der Waals surface area contributed by atoms with Gasteiger partial charge in [-0.25, -0.2) is 4.79 Å². The molecule has 0 unspecified atom stereocenters. The average molecular weight is 453 g/mol. The van der Waals surface area contributed by atoms with E-state index in [2.05, 4.69) is 34.7 Å². The number of nitrogens with one attached hydrogen (secondary N) is 2. The molecule has 0 radical (unpaired) electrons. The number of likely N-dealkylation sites (tertiary alicyclic amines) is 1. The van der Waals surface area contributed by atoms with Crippen LogP contribution in [0.1, 0.15) is 17.5 Å². The minimum absolute atomic E-state index is 0.190. The minimum Gasteiger partial charge on any atom is -0.497 e. The van der Waals surface area contributed by atoms with Crippen LogP contribution in [0.2, 0.25) is 0 Å². The van der Waals surface area contributed by atoms with Crippen molar-refractivity contribution in [2.75, 3.05) is 51.5 Å². The molecule has 0 spiro atoms. The third-order valence-electron chi connectivity index (χ3n) is 6.50. The first-order chi connectivity index (χ1) is 16.0. The number of hydrogen-bond donors (Lipinski definition) is 2. The maximum absolute atomic E-state index is 13.2. The predicted octanol–water partition coefficient (Wildman–Crippen LogP) is 2.99. The van der Waals surface area contributed by atoms with E-state index in [4.69, 9.17) is 9.47 Å². The SMILES string of the molecule is COc1ccc(NC(=O)N2C[C@H](OC)C[C@@H]2C(=O)Nc2ccc3c(c2)CCN(C)CC3)cc1. The van der Waals surface area contributed by atoms with Crippen molar-refractivity contribution in [3.8, 4) is 5.75 Å². The van der Waals surface area contributed by atoms with E-state index < -0.39 is 6.04 Å². The first-order valence-electron chi connectivity index (χ1n) is 11.3. The lowest BCUT2D eigenvalue weighted by Gasteiger charge is -2.24. The van der Waals surface area contributed by atoms with Crippen molar-refractivity contribution < 1.29 is 19.1 Å². The maximum atomic E-state index is 13.2. The molecule has 2 aliphatic heterocycles. The second-order valence-electron chi connectivity index (χ2n) is 8.70. The maximum Gasteiger partial charge on any atom is 0.322 e. The fraction of sp³-hybridized carbons (Fsp3) is 0.440. The van der Waals surface area contributed by atoms with Gasteiger partial charge in [0.25, 0.3) is 0 Å². The standard InChI is InChI=1S/C25H32N4O4/c1-28-12-10-17-4-5-20(14-18(17)11-13-28)26-24(30)23-15-22(33-3)16-29(23)25(31)27-19-6-8-21(32-2)9-7-19/h4-9,14,22-23H,10-13,15-16H2,1-3H3,(H,26,30)(H,27,31)/t22-,23-/m1/s1. The van der Waals surface area contributed by atoms with Crippen LogP contribution in [0.3, 0.4) is 0 Å². The highest BCUT2D eigenvalue weighted by Gasteiger charge is 2.40. The Morgan fingerprint density at radius 1 is 0.939 bits per heavy atom. The van der Waals surface area contributed by atoms with Gasteiger partial charge in [0.1, 0.15) is 11.8 Å². The van der Waals surface area contributed by atoms with Crippen LogP contribution in [-0.4, -0.2) is 74.8 Å². The average Bonchev–Trinajstić information content (AvgIpc) is 3.19. The molecule has 2 atom stereocenters. The molecule has 3 amide bonds. The van der Waals surface area contributed by atoms with Crippen molar-refractivity contribution in [3.63, 3.8) is 0 Å². The summed E-state index contributed by atoms with van der Waals surface area (Å²) in [5.41, 5.74) is 4.00. The Hall–Kier alpha value is -3.10. The van der Waals surface area contributed by atoms with Gasteiger partial charge in [-0.05, 0) is 67.4 Å². The van der Waals surface area contributed by atoms with Gasteiger partial charge in [-0.2, -0.15) is 0 Å². The zero-order chi connectivity index (χ0) is 23.4. The highest BCUT2D eigenvalue weighted by molar-refractivity contribution is 5.99. The van der Waals surface area contributed by atoms with Gasteiger partial charge in [-0.15, -0.1) is 0 Å². The molecule has 0 aliphatic carbocycles. The molecule has 2 heterocycles. The summed E-state index contributed by atoms with van der Waals surface area (Å²) in [6.45, 7) is 2.40. The van der Waals surface area contributed by atoms with Gasteiger partial charge in [-0.1, -0.05) is 6.07 Å². The molecule has 8 heteroatoms. The highest BCUT2D eigenvalue weighted by atomic mass is 16.5. The topological polar surface area (TPSA) is 83.1 Å². The third-order valence-corrected chi connectivity index (χ3v) is 6.50. The van der Waals surface area contributed by atoms with Gasteiger partial charge < -0.3 is 29.9 Å². The van der Waals surface area contributed by atoms with Gasteiger partial charge in [-0.3, -0.25) is 4.79 Å². The molecule has 0 saturated carbocycles. The van der Waals surface area contributed by atoms with E-state index in [1.807, 2.05) is 6.07 Å². The Morgan fingerprint density at radius 2 is 1.64 bits per heavy atom. The van der Waals surface area contributed by atoms with Gasteiger partial charge in [0, 0.05) is 44.5 Å². The van der Waals surface area contributed by atoms with Crippen molar-refractivity contribution in [1.29, 1.82) is 0 Å². The van der Waals surface area contributed by atoms with Crippen molar-refractivity contribution in [2.24, 2.45) is 0 Å². The van der Waals surface area contributed by atoms with Crippen molar-refractivity contribution in [1.82, 2.24) is 9.80 Å². The van der Waals surface area contributed by atoms with Crippen LogP contribution in [0.4, 0.5) is 16.2 Å². The molecule has 2 aliphatic rings. The van der Waals surface area contributed by atoms with Crippen molar-refractivity contribution in [2.45, 2.75) is 31.4 Å². The monoisotopic (exact) mass is 452 g/mol. The van der Waals surface area contributed by atoms with Crippen LogP contribution in [0.5, 0.6) is 5.75 Å². The fourth-order valence-electron chi connectivity index (χ4n) is 4.45. The Bertz CT molecular complexity index is 994. The Balaban J connectivity index is 1.45. The summed E-state index contributed by atoms with van der Waals surface area (Å²) in [6, 6.07) is 12.3. The van der Waals surface area contributed by atoms with Crippen molar-refractivity contribution in [3.05, 3.63) is 53.6 Å². The number of likely N-dealkylation sites (N-methyl/N-ethyl adjacent to an activating group) is 1. The van der Waals surface area contributed by atoms with E-state index in [9.17, 15) is 9.59 Å². The number of anilines is 2. The minimum atomic E-state index is -0.613. The van der Waals surface area contributed by atoms with Crippen LogP contribution in [0.15, 0.2) is 42.5 Å². The number of carbonyl (C=O) groups is 2. The molecule has 0 aromatic heterocycles. The van der Waals surface area contributed by atoms with Gasteiger partial charge in [0.2, 0.25) is 5.91 Å². The molecule has 8 nitrogen and oxygen atoms in total. The summed E-state index contributed by atoms with van der Waals surface area (Å²) in [5.74, 6) is 0.503. The summed E-state index contributed by atoms with van der Waals surface area (Å²) in [7, 11) is 5.33. The molecule has 2 N–H and O–H groups in total. The number of hydrogen-bond acceptors (Lipinski definition) is 5. The van der Waals surface area contributed by atoms with E-state index >= 15 is 0 Å². The number of nitrogens with zero attached hydrogens (tertiary/aromatic N) is 2. The molecule has 1 saturated heterocycles. The number of rotatable bonds is 5. The lowest BCUT2D eigenvalue weighted by molar-refractivity contribution is -0.119. The zero-order valence-electron chi connectivity index (χ0n) is 19.5. The summed E-state index contributed by atoms with van der Waals surface area (Å²) < 4.78 is 10.6. The normalized spacial score (nSPS) is 20.6. The summed E-state index contributed by atoms with van der Waals surface area (Å²) >= 11 is 0. The van der Waals surface area contributed by atoms with Crippen LogP contribution in [0, 0.1) is 0 Å². The smallest absolute Gasteiger partial charge is 0.322 e. The molecule has 33 heavy (non-hydrogen) atoms. The summed E-state index contributed by atoms with van der Waals surface area (Å²) in [4.78, 5) is 30.1.